The van der Waals surface area contributed by atoms with Gasteiger partial charge in [0.1, 0.15) is 0 Å². The predicted octanol–water partition coefficient (Wildman–Crippen LogP) is -1.64. The van der Waals surface area contributed by atoms with Crippen molar-refractivity contribution in [3.05, 3.63) is 0 Å². The SMILES string of the molecule is CS(=O)(=O)NC1CCN(C(=O)C2CNC2)C1. The Labute approximate surface area is 95.4 Å². The molecule has 92 valence electrons. The van der Waals surface area contributed by atoms with Gasteiger partial charge in [-0.2, -0.15) is 0 Å². The molecule has 0 spiro atoms. The second-order valence-electron chi connectivity index (χ2n) is 4.52. The highest BCUT2D eigenvalue weighted by atomic mass is 32.2. The van der Waals surface area contributed by atoms with Crippen molar-refractivity contribution in [3.63, 3.8) is 0 Å². The molecule has 6 nitrogen and oxygen atoms in total. The molecule has 0 aromatic carbocycles. The minimum absolute atomic E-state index is 0.0944. The number of rotatable bonds is 3. The van der Waals surface area contributed by atoms with E-state index in [0.29, 0.717) is 19.5 Å². The van der Waals surface area contributed by atoms with Gasteiger partial charge in [-0.05, 0) is 6.42 Å². The van der Waals surface area contributed by atoms with Crippen LogP contribution in [-0.2, 0) is 14.8 Å². The molecule has 0 saturated carbocycles. The lowest BCUT2D eigenvalue weighted by atomic mass is 10.0. The van der Waals surface area contributed by atoms with E-state index >= 15 is 0 Å². The molecule has 0 aromatic rings. The summed E-state index contributed by atoms with van der Waals surface area (Å²) >= 11 is 0. The van der Waals surface area contributed by atoms with Gasteiger partial charge in [-0.1, -0.05) is 0 Å². The summed E-state index contributed by atoms with van der Waals surface area (Å²) in [4.78, 5) is 13.6. The van der Waals surface area contributed by atoms with Gasteiger partial charge in [0.25, 0.3) is 0 Å². The molecule has 0 radical (unpaired) electrons. The Morgan fingerprint density at radius 2 is 2.12 bits per heavy atom. The molecule has 2 rings (SSSR count). The third-order valence-electron chi connectivity index (χ3n) is 3.01. The molecule has 1 amide bonds. The van der Waals surface area contributed by atoms with Gasteiger partial charge in [-0.15, -0.1) is 0 Å². The lowest BCUT2D eigenvalue weighted by Gasteiger charge is -2.30. The molecular weight excluding hydrogens is 230 g/mol. The normalized spacial score (nSPS) is 26.8. The van der Waals surface area contributed by atoms with Crippen molar-refractivity contribution < 1.29 is 13.2 Å². The van der Waals surface area contributed by atoms with Gasteiger partial charge < -0.3 is 10.2 Å². The zero-order valence-electron chi connectivity index (χ0n) is 9.27. The topological polar surface area (TPSA) is 78.5 Å². The Hall–Kier alpha value is -0.660. The fourth-order valence-electron chi connectivity index (χ4n) is 2.08. The Morgan fingerprint density at radius 1 is 1.44 bits per heavy atom. The first kappa shape index (κ1) is 11.8. The molecule has 1 unspecified atom stereocenters. The number of likely N-dealkylation sites (tertiary alicyclic amines) is 1. The van der Waals surface area contributed by atoms with Crippen LogP contribution in [0.5, 0.6) is 0 Å². The molecular formula is C9H17N3O3S. The summed E-state index contributed by atoms with van der Waals surface area (Å²) in [6, 6.07) is -0.119. The minimum atomic E-state index is -3.17. The number of sulfonamides is 1. The summed E-state index contributed by atoms with van der Waals surface area (Å²) in [7, 11) is -3.17. The van der Waals surface area contributed by atoms with Crippen LogP contribution in [0.15, 0.2) is 0 Å². The van der Waals surface area contributed by atoms with E-state index in [9.17, 15) is 13.2 Å². The van der Waals surface area contributed by atoms with E-state index in [0.717, 1.165) is 19.3 Å². The summed E-state index contributed by atoms with van der Waals surface area (Å²) in [5.41, 5.74) is 0. The van der Waals surface area contributed by atoms with Crippen molar-refractivity contribution in [2.75, 3.05) is 32.4 Å². The Balaban J connectivity index is 1.85. The van der Waals surface area contributed by atoms with Crippen LogP contribution < -0.4 is 10.0 Å². The molecule has 0 bridgehead atoms. The van der Waals surface area contributed by atoms with Crippen molar-refractivity contribution >= 4 is 15.9 Å². The average Bonchev–Trinajstić information content (AvgIpc) is 2.45. The first-order valence-corrected chi connectivity index (χ1v) is 7.31. The lowest BCUT2D eigenvalue weighted by molar-refractivity contribution is -0.136. The van der Waals surface area contributed by atoms with Crippen molar-refractivity contribution in [1.82, 2.24) is 14.9 Å². The van der Waals surface area contributed by atoms with E-state index in [1.807, 2.05) is 0 Å². The summed E-state index contributed by atoms with van der Waals surface area (Å²) in [6.45, 7) is 2.66. The summed E-state index contributed by atoms with van der Waals surface area (Å²) in [6.07, 6.45) is 1.85. The van der Waals surface area contributed by atoms with Crippen LogP contribution >= 0.6 is 0 Å². The quantitative estimate of drug-likeness (QED) is 0.627. The van der Waals surface area contributed by atoms with Crippen LogP contribution in [0.4, 0.5) is 0 Å². The Bertz CT molecular complexity index is 377. The molecule has 2 aliphatic rings. The van der Waals surface area contributed by atoms with Gasteiger partial charge in [0, 0.05) is 32.2 Å². The zero-order chi connectivity index (χ0) is 11.8. The molecule has 0 aromatic heterocycles. The number of hydrogen-bond acceptors (Lipinski definition) is 4. The molecule has 2 fully saturated rings. The molecule has 1 atom stereocenters. The van der Waals surface area contributed by atoms with Gasteiger partial charge in [0.2, 0.25) is 15.9 Å². The number of hydrogen-bond donors (Lipinski definition) is 2. The second kappa shape index (κ2) is 4.31. The lowest BCUT2D eigenvalue weighted by Crippen LogP contribution is -2.52. The van der Waals surface area contributed by atoms with Crippen molar-refractivity contribution in [2.24, 2.45) is 5.92 Å². The summed E-state index contributed by atoms with van der Waals surface area (Å²) in [5.74, 6) is 0.244. The van der Waals surface area contributed by atoms with Crippen molar-refractivity contribution in [3.8, 4) is 0 Å². The Morgan fingerprint density at radius 3 is 2.62 bits per heavy atom. The average molecular weight is 247 g/mol. The van der Waals surface area contributed by atoms with E-state index in [1.54, 1.807) is 4.90 Å². The fourth-order valence-corrected chi connectivity index (χ4v) is 2.88. The molecule has 7 heteroatoms. The maximum atomic E-state index is 11.8. The maximum Gasteiger partial charge on any atom is 0.228 e. The number of carbonyl (C=O) groups excluding carboxylic acids is 1. The first-order chi connectivity index (χ1) is 7.46. The van der Waals surface area contributed by atoms with Gasteiger partial charge in [-0.25, -0.2) is 13.1 Å². The van der Waals surface area contributed by atoms with Crippen LogP contribution in [-0.4, -0.2) is 57.7 Å². The van der Waals surface area contributed by atoms with Gasteiger partial charge in [0.15, 0.2) is 0 Å². The van der Waals surface area contributed by atoms with Gasteiger partial charge >= 0.3 is 0 Å². The number of nitrogens with zero attached hydrogens (tertiary/aromatic N) is 1. The molecule has 0 aliphatic carbocycles. The summed E-state index contributed by atoms with van der Waals surface area (Å²) in [5, 5.41) is 3.06. The minimum Gasteiger partial charge on any atom is -0.341 e. The largest absolute Gasteiger partial charge is 0.341 e. The van der Waals surface area contributed by atoms with Crippen LogP contribution in [0.3, 0.4) is 0 Å². The highest BCUT2D eigenvalue weighted by Gasteiger charge is 2.34. The molecule has 2 aliphatic heterocycles. The van der Waals surface area contributed by atoms with Crippen LogP contribution in [0.25, 0.3) is 0 Å². The van der Waals surface area contributed by atoms with Crippen LogP contribution in [0.2, 0.25) is 0 Å². The second-order valence-corrected chi connectivity index (χ2v) is 6.30. The predicted molar refractivity (Wildman–Crippen MR) is 59.3 cm³/mol. The third kappa shape index (κ3) is 2.72. The molecule has 2 N–H and O–H groups in total. The van der Waals surface area contributed by atoms with Gasteiger partial charge in [0.05, 0.1) is 12.2 Å². The van der Waals surface area contributed by atoms with Crippen molar-refractivity contribution in [2.45, 2.75) is 12.5 Å². The maximum absolute atomic E-state index is 11.8. The highest BCUT2D eigenvalue weighted by Crippen LogP contribution is 2.15. The van der Waals surface area contributed by atoms with Crippen LogP contribution in [0.1, 0.15) is 6.42 Å². The number of nitrogens with one attached hydrogen (secondary N) is 2. The number of amides is 1. The highest BCUT2D eigenvalue weighted by molar-refractivity contribution is 7.88. The third-order valence-corrected chi connectivity index (χ3v) is 3.77. The zero-order valence-corrected chi connectivity index (χ0v) is 10.1. The summed E-state index contributed by atoms with van der Waals surface area (Å²) < 4.78 is 24.6. The van der Waals surface area contributed by atoms with E-state index in [2.05, 4.69) is 10.0 Å². The Kier molecular flexibility index (Phi) is 3.18. The molecule has 2 saturated heterocycles. The molecule has 2 heterocycles. The molecule has 16 heavy (non-hydrogen) atoms. The number of carbonyl (C=O) groups is 1. The van der Waals surface area contributed by atoms with Crippen LogP contribution in [0, 0.1) is 5.92 Å². The fraction of sp³-hybridized carbons (Fsp3) is 0.889. The smallest absolute Gasteiger partial charge is 0.228 e. The van der Waals surface area contributed by atoms with Crippen molar-refractivity contribution in [1.29, 1.82) is 0 Å². The monoisotopic (exact) mass is 247 g/mol. The van der Waals surface area contributed by atoms with E-state index < -0.39 is 10.0 Å². The standard InChI is InChI=1S/C9H17N3O3S/c1-16(14,15)11-8-2-3-12(6-8)9(13)7-4-10-5-7/h7-8,10-11H,2-6H2,1H3. The first-order valence-electron chi connectivity index (χ1n) is 5.42. The van der Waals surface area contributed by atoms with E-state index in [-0.39, 0.29) is 17.9 Å². The van der Waals surface area contributed by atoms with E-state index in [4.69, 9.17) is 0 Å². The van der Waals surface area contributed by atoms with E-state index in [1.165, 1.54) is 0 Å². The van der Waals surface area contributed by atoms with Gasteiger partial charge in [-0.3, -0.25) is 4.79 Å².